The van der Waals surface area contributed by atoms with Gasteiger partial charge in [-0.1, -0.05) is 25.1 Å². The van der Waals surface area contributed by atoms with Crippen molar-refractivity contribution in [1.82, 2.24) is 9.78 Å². The summed E-state index contributed by atoms with van der Waals surface area (Å²) in [5, 5.41) is 7.73. The Morgan fingerprint density at radius 3 is 2.55 bits per heavy atom. The number of nitrogens with zero attached hydrogens (tertiary/aromatic N) is 3. The number of nitrogens with one attached hydrogen (secondary N) is 1. The van der Waals surface area contributed by atoms with E-state index in [4.69, 9.17) is 0 Å². The summed E-state index contributed by atoms with van der Waals surface area (Å²) in [5.74, 6) is 0.622. The summed E-state index contributed by atoms with van der Waals surface area (Å²) in [7, 11) is 0. The second-order valence-corrected chi connectivity index (χ2v) is 8.22. The Bertz CT molecular complexity index is 1020. The average molecular weight is 386 g/mol. The van der Waals surface area contributed by atoms with Gasteiger partial charge in [-0.3, -0.25) is 4.79 Å². The van der Waals surface area contributed by atoms with Gasteiger partial charge in [0.25, 0.3) is 5.91 Å². The van der Waals surface area contributed by atoms with Crippen LogP contribution < -0.4 is 10.2 Å². The zero-order chi connectivity index (χ0) is 19.8. The van der Waals surface area contributed by atoms with Gasteiger partial charge >= 0.3 is 0 Å². The first-order valence-corrected chi connectivity index (χ1v) is 10.5. The lowest BCUT2D eigenvalue weighted by molar-refractivity contribution is 0.102. The van der Waals surface area contributed by atoms with Gasteiger partial charge in [-0.05, 0) is 68.0 Å². The highest BCUT2D eigenvalue weighted by molar-refractivity contribution is 6.04. The highest BCUT2D eigenvalue weighted by atomic mass is 16.2. The highest BCUT2D eigenvalue weighted by Gasteiger charge is 2.27. The predicted octanol–water partition coefficient (Wildman–Crippen LogP) is 4.46. The van der Waals surface area contributed by atoms with Gasteiger partial charge in [0.05, 0.1) is 5.69 Å². The zero-order valence-corrected chi connectivity index (χ0v) is 16.8. The van der Waals surface area contributed by atoms with Crippen molar-refractivity contribution in [2.24, 2.45) is 5.92 Å². The number of carbonyl (C=O) groups excluding carboxylic acids is 1. The number of carbonyl (C=O) groups is 1. The summed E-state index contributed by atoms with van der Waals surface area (Å²) in [6.07, 6.45) is 4.20. The molecule has 29 heavy (non-hydrogen) atoms. The molecule has 1 N–H and O–H groups in total. The molecule has 1 aliphatic carbocycles. The summed E-state index contributed by atoms with van der Waals surface area (Å²) < 4.78 is 1.94. The van der Waals surface area contributed by atoms with E-state index in [1.165, 1.54) is 17.8 Å². The van der Waals surface area contributed by atoms with E-state index in [0.29, 0.717) is 5.69 Å². The summed E-state index contributed by atoms with van der Waals surface area (Å²) >= 11 is 0. The third-order valence-corrected chi connectivity index (χ3v) is 6.06. The molecule has 5 heteroatoms. The summed E-state index contributed by atoms with van der Waals surface area (Å²) in [6, 6.07) is 18.2. The molecule has 0 spiro atoms. The van der Waals surface area contributed by atoms with Gasteiger partial charge in [0.15, 0.2) is 5.69 Å². The smallest absolute Gasteiger partial charge is 0.276 e. The summed E-state index contributed by atoms with van der Waals surface area (Å²) in [6.45, 7) is 4.51. The van der Waals surface area contributed by atoms with Crippen LogP contribution >= 0.6 is 0 Å². The second kappa shape index (κ2) is 7.39. The standard InChI is InChI=1S/C24H26N4O/c1-17-14-15-27(16-17)19-12-10-18(11-13-19)25-24(29)23-21-8-5-9-22(21)28(26-23)20-6-3-2-4-7-20/h2-4,6-7,10-13,17H,5,8-9,14-16H2,1H3,(H,25,29). The third kappa shape index (κ3) is 3.41. The van der Waals surface area contributed by atoms with E-state index in [1.807, 2.05) is 47.1 Å². The molecule has 3 aromatic rings. The van der Waals surface area contributed by atoms with Crippen LogP contribution in [0.4, 0.5) is 11.4 Å². The molecule has 1 saturated heterocycles. The van der Waals surface area contributed by atoms with Crippen molar-refractivity contribution in [3.63, 3.8) is 0 Å². The maximum Gasteiger partial charge on any atom is 0.276 e. The summed E-state index contributed by atoms with van der Waals surface area (Å²) in [4.78, 5) is 15.4. The SMILES string of the molecule is CC1CCN(c2ccc(NC(=O)c3nn(-c4ccccc4)c4c3CCC4)cc2)C1. The van der Waals surface area contributed by atoms with Gasteiger partial charge in [-0.2, -0.15) is 5.10 Å². The zero-order valence-electron chi connectivity index (χ0n) is 16.8. The van der Waals surface area contributed by atoms with Gasteiger partial charge in [0, 0.05) is 35.7 Å². The van der Waals surface area contributed by atoms with Crippen LogP contribution in [0, 0.1) is 5.92 Å². The Morgan fingerprint density at radius 1 is 1.03 bits per heavy atom. The average Bonchev–Trinajstić information content (AvgIpc) is 3.46. The fraction of sp³-hybridized carbons (Fsp3) is 0.333. The van der Waals surface area contributed by atoms with E-state index in [2.05, 4.69) is 34.4 Å². The van der Waals surface area contributed by atoms with Crippen molar-refractivity contribution in [1.29, 1.82) is 0 Å². The van der Waals surface area contributed by atoms with Crippen molar-refractivity contribution in [2.45, 2.75) is 32.6 Å². The van der Waals surface area contributed by atoms with Gasteiger partial charge < -0.3 is 10.2 Å². The van der Waals surface area contributed by atoms with E-state index in [1.54, 1.807) is 0 Å². The Hall–Kier alpha value is -3.08. The molecule has 2 aromatic carbocycles. The lowest BCUT2D eigenvalue weighted by atomic mass is 10.2. The van der Waals surface area contributed by atoms with Crippen LogP contribution in [0.2, 0.25) is 0 Å². The number of para-hydroxylation sites is 1. The minimum atomic E-state index is -0.125. The molecule has 0 saturated carbocycles. The van der Waals surface area contributed by atoms with E-state index >= 15 is 0 Å². The second-order valence-electron chi connectivity index (χ2n) is 8.22. The van der Waals surface area contributed by atoms with E-state index in [0.717, 1.165) is 55.2 Å². The minimum absolute atomic E-state index is 0.125. The van der Waals surface area contributed by atoms with Gasteiger partial charge in [0.2, 0.25) is 0 Å². The van der Waals surface area contributed by atoms with Gasteiger partial charge in [0.1, 0.15) is 0 Å². The Labute approximate surface area is 171 Å². The first-order valence-electron chi connectivity index (χ1n) is 10.5. The van der Waals surface area contributed by atoms with Crippen molar-refractivity contribution < 1.29 is 4.79 Å². The molecule has 2 aliphatic rings. The van der Waals surface area contributed by atoms with Crippen molar-refractivity contribution in [3.05, 3.63) is 71.5 Å². The quantitative estimate of drug-likeness (QED) is 0.720. The molecule has 1 amide bonds. The molecular formula is C24H26N4O. The molecule has 148 valence electrons. The highest BCUT2D eigenvalue weighted by Crippen LogP contribution is 2.29. The number of hydrogen-bond acceptors (Lipinski definition) is 3. The van der Waals surface area contributed by atoms with Crippen LogP contribution in [0.1, 0.15) is 41.5 Å². The fourth-order valence-corrected chi connectivity index (χ4v) is 4.52. The van der Waals surface area contributed by atoms with Crippen molar-refractivity contribution in [2.75, 3.05) is 23.3 Å². The monoisotopic (exact) mass is 386 g/mol. The molecule has 1 aliphatic heterocycles. The molecule has 0 radical (unpaired) electrons. The van der Waals surface area contributed by atoms with Crippen LogP contribution in [0.3, 0.4) is 0 Å². The van der Waals surface area contributed by atoms with E-state index < -0.39 is 0 Å². The first-order chi connectivity index (χ1) is 14.2. The molecule has 2 heterocycles. The molecule has 1 fully saturated rings. The summed E-state index contributed by atoms with van der Waals surface area (Å²) in [5.41, 5.74) is 5.86. The number of hydrogen-bond donors (Lipinski definition) is 1. The largest absolute Gasteiger partial charge is 0.371 e. The fourth-order valence-electron chi connectivity index (χ4n) is 4.52. The Kier molecular flexibility index (Phi) is 4.58. The van der Waals surface area contributed by atoms with Crippen LogP contribution in [0.15, 0.2) is 54.6 Å². The van der Waals surface area contributed by atoms with Crippen LogP contribution in [-0.2, 0) is 12.8 Å². The molecule has 0 bridgehead atoms. The normalized spacial score (nSPS) is 18.1. The molecule has 1 aromatic heterocycles. The van der Waals surface area contributed by atoms with Crippen molar-refractivity contribution >= 4 is 17.3 Å². The molecule has 5 nitrogen and oxygen atoms in total. The van der Waals surface area contributed by atoms with E-state index in [9.17, 15) is 4.79 Å². The molecule has 1 atom stereocenters. The first kappa shape index (κ1) is 18.0. The topological polar surface area (TPSA) is 50.2 Å². The number of amides is 1. The van der Waals surface area contributed by atoms with Crippen LogP contribution in [-0.4, -0.2) is 28.8 Å². The maximum atomic E-state index is 13.0. The van der Waals surface area contributed by atoms with E-state index in [-0.39, 0.29) is 5.91 Å². The van der Waals surface area contributed by atoms with Crippen LogP contribution in [0.5, 0.6) is 0 Å². The van der Waals surface area contributed by atoms with Crippen molar-refractivity contribution in [3.8, 4) is 5.69 Å². The number of rotatable bonds is 4. The number of benzene rings is 2. The molecule has 1 unspecified atom stereocenters. The van der Waals surface area contributed by atoms with Gasteiger partial charge in [-0.15, -0.1) is 0 Å². The van der Waals surface area contributed by atoms with Gasteiger partial charge in [-0.25, -0.2) is 4.68 Å². The maximum absolute atomic E-state index is 13.0. The Morgan fingerprint density at radius 2 is 1.83 bits per heavy atom. The predicted molar refractivity (Wildman–Crippen MR) is 116 cm³/mol. The molecule has 5 rings (SSSR count). The number of anilines is 2. The minimum Gasteiger partial charge on any atom is -0.371 e. The number of aromatic nitrogens is 2. The Balaban J connectivity index is 1.36. The lowest BCUT2D eigenvalue weighted by Crippen LogP contribution is -2.19. The number of fused-ring (bicyclic) bond motifs is 1. The molecular weight excluding hydrogens is 360 g/mol. The third-order valence-electron chi connectivity index (χ3n) is 6.06. The lowest BCUT2D eigenvalue weighted by Gasteiger charge is -2.18. The van der Waals surface area contributed by atoms with Crippen LogP contribution in [0.25, 0.3) is 5.69 Å².